The molecule has 0 unspecified atom stereocenters. The van der Waals surface area contributed by atoms with E-state index in [-0.39, 0.29) is 18.3 Å². The van der Waals surface area contributed by atoms with E-state index in [4.69, 9.17) is 9.15 Å². The predicted octanol–water partition coefficient (Wildman–Crippen LogP) is 4.17. The number of anilines is 1. The summed E-state index contributed by atoms with van der Waals surface area (Å²) in [6.07, 6.45) is 0. The van der Waals surface area contributed by atoms with Crippen LogP contribution in [0.25, 0.3) is 22.4 Å². The van der Waals surface area contributed by atoms with E-state index in [2.05, 4.69) is 15.5 Å². The highest BCUT2D eigenvalue weighted by molar-refractivity contribution is 7.99. The number of aryl methyl sites for hydroxylation is 1. The molecule has 0 spiro atoms. The van der Waals surface area contributed by atoms with Crippen LogP contribution in [-0.2, 0) is 27.5 Å². The molecule has 2 aromatic heterocycles. The summed E-state index contributed by atoms with van der Waals surface area (Å²) in [5.74, 6) is 0.106. The Kier molecular flexibility index (Phi) is 7.31. The summed E-state index contributed by atoms with van der Waals surface area (Å²) in [7, 11) is 0. The maximum atomic E-state index is 12.5. The Hall–Kier alpha value is -3.92. The van der Waals surface area contributed by atoms with Crippen molar-refractivity contribution in [3.63, 3.8) is 0 Å². The number of nitrogens with one attached hydrogen (secondary N) is 1. The topological polar surface area (TPSA) is 116 Å². The van der Waals surface area contributed by atoms with Crippen molar-refractivity contribution in [2.75, 3.05) is 11.1 Å². The number of rotatable bonds is 8. The first-order valence-corrected chi connectivity index (χ1v) is 12.0. The number of esters is 1. The normalized spacial score (nSPS) is 10.9. The molecular weight excluding hydrogens is 468 g/mol. The lowest BCUT2D eigenvalue weighted by molar-refractivity contribution is -0.141. The fourth-order valence-electron chi connectivity index (χ4n) is 3.66. The van der Waals surface area contributed by atoms with Gasteiger partial charge in [0.15, 0.2) is 11.0 Å². The molecule has 0 fully saturated rings. The summed E-state index contributed by atoms with van der Waals surface area (Å²) in [5.41, 5.74) is 2.83. The van der Waals surface area contributed by atoms with Crippen molar-refractivity contribution in [3.05, 3.63) is 70.1 Å². The quantitative estimate of drug-likeness (QED) is 0.221. The molecule has 0 aliphatic rings. The number of amides is 1. The molecule has 2 heterocycles. The number of fused-ring (bicyclic) bond motifs is 1. The minimum absolute atomic E-state index is 0.0396. The van der Waals surface area contributed by atoms with Gasteiger partial charge in [-0.25, -0.2) is 4.79 Å². The number of carbonyl (C=O) groups excluding carboxylic acids is 2. The molecule has 0 atom stereocenters. The third-order valence-corrected chi connectivity index (χ3v) is 6.22. The second kappa shape index (κ2) is 10.6. The van der Waals surface area contributed by atoms with Gasteiger partial charge in [-0.15, -0.1) is 10.2 Å². The Bertz CT molecular complexity index is 1460. The Morgan fingerprint density at radius 1 is 1.14 bits per heavy atom. The van der Waals surface area contributed by atoms with Crippen molar-refractivity contribution in [1.29, 1.82) is 0 Å². The van der Waals surface area contributed by atoms with Gasteiger partial charge in [0.25, 0.3) is 0 Å². The summed E-state index contributed by atoms with van der Waals surface area (Å²) in [5, 5.41) is 12.5. The highest BCUT2D eigenvalue weighted by Gasteiger charge is 2.17. The molecule has 1 N–H and O–H groups in total. The van der Waals surface area contributed by atoms with Crippen LogP contribution in [0.1, 0.15) is 25.0 Å². The number of thioether (sulfide) groups is 1. The van der Waals surface area contributed by atoms with Crippen molar-refractivity contribution in [2.45, 2.75) is 39.1 Å². The molecule has 0 saturated carbocycles. The summed E-state index contributed by atoms with van der Waals surface area (Å²) in [6, 6.07) is 14.2. The SMILES string of the molecule is CCn1c(SCC(=O)OCc2cc(=O)oc3cc(NC(C)=O)ccc23)nnc1-c1ccccc1C. The van der Waals surface area contributed by atoms with E-state index < -0.39 is 11.6 Å². The Morgan fingerprint density at radius 3 is 2.69 bits per heavy atom. The Balaban J connectivity index is 1.43. The van der Waals surface area contributed by atoms with Gasteiger partial charge in [-0.05, 0) is 31.5 Å². The molecule has 0 bridgehead atoms. The zero-order valence-corrected chi connectivity index (χ0v) is 20.3. The van der Waals surface area contributed by atoms with Gasteiger partial charge in [0.1, 0.15) is 12.2 Å². The second-order valence-corrected chi connectivity index (χ2v) is 8.74. The van der Waals surface area contributed by atoms with Crippen LogP contribution in [-0.4, -0.2) is 32.4 Å². The van der Waals surface area contributed by atoms with Crippen LogP contribution in [0.15, 0.2) is 62.9 Å². The molecule has 9 nitrogen and oxygen atoms in total. The molecule has 35 heavy (non-hydrogen) atoms. The third kappa shape index (κ3) is 5.60. The third-order valence-electron chi connectivity index (χ3n) is 5.28. The Morgan fingerprint density at radius 2 is 1.94 bits per heavy atom. The predicted molar refractivity (Wildman–Crippen MR) is 133 cm³/mol. The summed E-state index contributed by atoms with van der Waals surface area (Å²) >= 11 is 1.24. The number of nitrogens with zero attached hydrogens (tertiary/aromatic N) is 3. The molecule has 4 rings (SSSR count). The van der Waals surface area contributed by atoms with E-state index in [1.54, 1.807) is 18.2 Å². The molecule has 10 heteroatoms. The van der Waals surface area contributed by atoms with Crippen LogP contribution in [0.4, 0.5) is 5.69 Å². The van der Waals surface area contributed by atoms with Gasteiger partial charge < -0.3 is 19.0 Å². The molecule has 2 aromatic carbocycles. The fourth-order valence-corrected chi connectivity index (χ4v) is 4.46. The summed E-state index contributed by atoms with van der Waals surface area (Å²) in [4.78, 5) is 35.7. The van der Waals surface area contributed by atoms with Gasteiger partial charge in [0.05, 0.1) is 5.75 Å². The summed E-state index contributed by atoms with van der Waals surface area (Å²) < 4.78 is 12.6. The van der Waals surface area contributed by atoms with Gasteiger partial charge >= 0.3 is 11.6 Å². The number of hydrogen-bond acceptors (Lipinski definition) is 8. The van der Waals surface area contributed by atoms with Crippen molar-refractivity contribution in [3.8, 4) is 11.4 Å². The fraction of sp³-hybridized carbons (Fsp3) is 0.240. The minimum Gasteiger partial charge on any atom is -0.460 e. The number of carbonyl (C=O) groups is 2. The lowest BCUT2D eigenvalue weighted by atomic mass is 10.1. The van der Waals surface area contributed by atoms with Gasteiger partial charge in [-0.1, -0.05) is 36.0 Å². The zero-order chi connectivity index (χ0) is 24.9. The molecule has 4 aromatic rings. The lowest BCUT2D eigenvalue weighted by Gasteiger charge is -2.10. The second-order valence-electron chi connectivity index (χ2n) is 7.80. The van der Waals surface area contributed by atoms with Crippen molar-refractivity contribution < 1.29 is 18.7 Å². The first-order chi connectivity index (χ1) is 16.9. The van der Waals surface area contributed by atoms with E-state index in [1.165, 1.54) is 24.8 Å². The van der Waals surface area contributed by atoms with Crippen LogP contribution < -0.4 is 10.9 Å². The number of hydrogen-bond donors (Lipinski definition) is 1. The lowest BCUT2D eigenvalue weighted by Crippen LogP contribution is -2.10. The van der Waals surface area contributed by atoms with E-state index in [1.807, 2.05) is 42.7 Å². The average Bonchev–Trinajstić information content (AvgIpc) is 3.23. The van der Waals surface area contributed by atoms with Gasteiger partial charge in [0, 0.05) is 47.8 Å². The molecule has 1 amide bonds. The molecular formula is C25H24N4O5S. The van der Waals surface area contributed by atoms with Crippen LogP contribution in [0.2, 0.25) is 0 Å². The van der Waals surface area contributed by atoms with Crippen LogP contribution >= 0.6 is 11.8 Å². The maximum Gasteiger partial charge on any atom is 0.336 e. The zero-order valence-electron chi connectivity index (χ0n) is 19.5. The molecule has 0 aliphatic carbocycles. The largest absolute Gasteiger partial charge is 0.460 e. The highest BCUT2D eigenvalue weighted by Crippen LogP contribution is 2.27. The van der Waals surface area contributed by atoms with E-state index in [9.17, 15) is 14.4 Å². The van der Waals surface area contributed by atoms with Crippen LogP contribution in [0, 0.1) is 6.92 Å². The van der Waals surface area contributed by atoms with E-state index in [0.717, 1.165) is 17.0 Å². The average molecular weight is 493 g/mol. The van der Waals surface area contributed by atoms with Crippen molar-refractivity contribution in [2.24, 2.45) is 0 Å². The summed E-state index contributed by atoms with van der Waals surface area (Å²) in [6.45, 7) is 5.97. The smallest absolute Gasteiger partial charge is 0.336 e. The van der Waals surface area contributed by atoms with Gasteiger partial charge in [0.2, 0.25) is 5.91 Å². The molecule has 0 radical (unpaired) electrons. The maximum absolute atomic E-state index is 12.5. The first-order valence-electron chi connectivity index (χ1n) is 11.0. The molecule has 180 valence electrons. The number of ether oxygens (including phenoxy) is 1. The van der Waals surface area contributed by atoms with Crippen molar-refractivity contribution in [1.82, 2.24) is 14.8 Å². The monoisotopic (exact) mass is 492 g/mol. The molecule has 0 saturated heterocycles. The minimum atomic E-state index is -0.572. The van der Waals surface area contributed by atoms with Gasteiger partial charge in [-0.3, -0.25) is 9.59 Å². The van der Waals surface area contributed by atoms with E-state index >= 15 is 0 Å². The standard InChI is InChI=1S/C25H24N4O5S/c1-4-29-24(19-8-6-5-7-15(19)2)27-28-25(29)35-14-23(32)33-13-17-11-22(31)34-21-12-18(26-16(3)30)9-10-20(17)21/h5-12H,4,13-14H2,1-3H3,(H,26,30). The van der Waals surface area contributed by atoms with Gasteiger partial charge in [-0.2, -0.15) is 0 Å². The van der Waals surface area contributed by atoms with Crippen LogP contribution in [0.3, 0.4) is 0 Å². The first kappa shape index (κ1) is 24.2. The van der Waals surface area contributed by atoms with Crippen molar-refractivity contribution >= 4 is 40.3 Å². The van der Waals surface area contributed by atoms with E-state index in [0.29, 0.717) is 33.9 Å². The number of aromatic nitrogens is 3. The van der Waals surface area contributed by atoms with Crippen LogP contribution in [0.5, 0.6) is 0 Å². The molecule has 0 aliphatic heterocycles. The number of benzene rings is 2. The highest BCUT2D eigenvalue weighted by atomic mass is 32.2. The Labute approximate surface area is 205 Å².